The van der Waals surface area contributed by atoms with Crippen molar-refractivity contribution in [3.8, 4) is 5.75 Å². The second-order valence-electron chi connectivity index (χ2n) is 4.00. The standard InChI is InChI=1S/C14H13BrN2O2/c15-11-3-1-2-4-13(11)19-8-10-6-5-9(14(17)18)7-12(10)16/h1-7H,8,16H2,(H2,17,18). The number of nitrogens with two attached hydrogens (primary N) is 2. The first-order valence-corrected chi connectivity index (χ1v) is 6.43. The number of nitrogen functional groups attached to an aromatic ring is 1. The van der Waals surface area contributed by atoms with Crippen LogP contribution in [-0.4, -0.2) is 5.91 Å². The molecule has 2 aromatic rings. The number of hydrogen-bond donors (Lipinski definition) is 2. The van der Waals surface area contributed by atoms with Gasteiger partial charge in [-0.05, 0) is 40.2 Å². The highest BCUT2D eigenvalue weighted by molar-refractivity contribution is 9.10. The van der Waals surface area contributed by atoms with Gasteiger partial charge in [0.05, 0.1) is 4.47 Å². The molecule has 4 nitrogen and oxygen atoms in total. The molecule has 0 aliphatic rings. The largest absolute Gasteiger partial charge is 0.488 e. The van der Waals surface area contributed by atoms with Crippen LogP contribution in [-0.2, 0) is 6.61 Å². The van der Waals surface area contributed by atoms with Crippen LogP contribution in [0.3, 0.4) is 0 Å². The zero-order valence-corrected chi connectivity index (χ0v) is 11.7. The number of carbonyl (C=O) groups excluding carboxylic acids is 1. The van der Waals surface area contributed by atoms with Gasteiger partial charge in [0.2, 0.25) is 5.91 Å². The fraction of sp³-hybridized carbons (Fsp3) is 0.0714. The Hall–Kier alpha value is -2.01. The van der Waals surface area contributed by atoms with Crippen molar-refractivity contribution in [2.45, 2.75) is 6.61 Å². The molecule has 5 heteroatoms. The monoisotopic (exact) mass is 320 g/mol. The molecule has 0 radical (unpaired) electrons. The highest BCUT2D eigenvalue weighted by atomic mass is 79.9. The summed E-state index contributed by atoms with van der Waals surface area (Å²) in [5, 5.41) is 0. The fourth-order valence-electron chi connectivity index (χ4n) is 1.60. The van der Waals surface area contributed by atoms with Crippen LogP contribution in [0.5, 0.6) is 5.75 Å². The number of amides is 1. The van der Waals surface area contributed by atoms with E-state index in [1.807, 2.05) is 24.3 Å². The van der Waals surface area contributed by atoms with E-state index in [-0.39, 0.29) is 0 Å². The molecule has 19 heavy (non-hydrogen) atoms. The van der Waals surface area contributed by atoms with E-state index in [2.05, 4.69) is 15.9 Å². The number of benzene rings is 2. The van der Waals surface area contributed by atoms with Crippen LogP contribution < -0.4 is 16.2 Å². The van der Waals surface area contributed by atoms with Crippen LogP contribution in [0.1, 0.15) is 15.9 Å². The van der Waals surface area contributed by atoms with Gasteiger partial charge in [-0.2, -0.15) is 0 Å². The smallest absolute Gasteiger partial charge is 0.248 e. The lowest BCUT2D eigenvalue weighted by Gasteiger charge is -2.10. The molecule has 0 aromatic heterocycles. The summed E-state index contributed by atoms with van der Waals surface area (Å²) < 4.78 is 6.54. The van der Waals surface area contributed by atoms with Crippen LogP contribution in [0.4, 0.5) is 5.69 Å². The zero-order valence-electron chi connectivity index (χ0n) is 10.1. The van der Waals surface area contributed by atoms with E-state index in [4.69, 9.17) is 16.2 Å². The minimum Gasteiger partial charge on any atom is -0.488 e. The molecule has 0 saturated heterocycles. The van der Waals surface area contributed by atoms with Crippen LogP contribution in [0, 0.1) is 0 Å². The van der Waals surface area contributed by atoms with Crippen molar-refractivity contribution < 1.29 is 9.53 Å². The summed E-state index contributed by atoms with van der Waals surface area (Å²) >= 11 is 3.40. The number of hydrogen-bond acceptors (Lipinski definition) is 3. The first kappa shape index (κ1) is 13.4. The minimum absolute atomic E-state index is 0.327. The number of carbonyl (C=O) groups is 1. The van der Waals surface area contributed by atoms with Gasteiger partial charge in [-0.25, -0.2) is 0 Å². The normalized spacial score (nSPS) is 10.2. The van der Waals surface area contributed by atoms with Crippen molar-refractivity contribution >= 4 is 27.5 Å². The van der Waals surface area contributed by atoms with E-state index in [0.29, 0.717) is 17.9 Å². The van der Waals surface area contributed by atoms with Crippen LogP contribution >= 0.6 is 15.9 Å². The highest BCUT2D eigenvalue weighted by Gasteiger charge is 2.06. The van der Waals surface area contributed by atoms with Crippen molar-refractivity contribution in [2.75, 3.05) is 5.73 Å². The molecule has 2 aromatic carbocycles. The van der Waals surface area contributed by atoms with Crippen LogP contribution in [0.25, 0.3) is 0 Å². The van der Waals surface area contributed by atoms with E-state index in [0.717, 1.165) is 15.8 Å². The molecule has 98 valence electrons. The lowest BCUT2D eigenvalue weighted by atomic mass is 10.1. The third-order valence-corrected chi connectivity index (χ3v) is 3.31. The number of primary amides is 1. The van der Waals surface area contributed by atoms with Crippen LogP contribution in [0.15, 0.2) is 46.9 Å². The van der Waals surface area contributed by atoms with E-state index >= 15 is 0 Å². The molecule has 1 amide bonds. The summed E-state index contributed by atoms with van der Waals surface area (Å²) in [6.07, 6.45) is 0. The molecule has 0 heterocycles. The lowest BCUT2D eigenvalue weighted by Crippen LogP contribution is -2.12. The number of rotatable bonds is 4. The zero-order chi connectivity index (χ0) is 13.8. The molecule has 0 fully saturated rings. The second kappa shape index (κ2) is 5.75. The van der Waals surface area contributed by atoms with Crippen molar-refractivity contribution in [1.29, 1.82) is 0 Å². The predicted molar refractivity (Wildman–Crippen MR) is 77.8 cm³/mol. The Kier molecular flexibility index (Phi) is 4.06. The fourth-order valence-corrected chi connectivity index (χ4v) is 2.00. The maximum Gasteiger partial charge on any atom is 0.248 e. The lowest BCUT2D eigenvalue weighted by molar-refractivity contribution is 0.100. The molecular weight excluding hydrogens is 308 g/mol. The summed E-state index contributed by atoms with van der Waals surface area (Å²) in [4.78, 5) is 11.0. The molecular formula is C14H13BrN2O2. The quantitative estimate of drug-likeness (QED) is 0.850. The SMILES string of the molecule is NC(=O)c1ccc(COc2ccccc2Br)c(N)c1. The average molecular weight is 321 g/mol. The van der Waals surface area contributed by atoms with Crippen molar-refractivity contribution in [1.82, 2.24) is 0 Å². The Bertz CT molecular complexity index is 614. The van der Waals surface area contributed by atoms with Gasteiger partial charge >= 0.3 is 0 Å². The van der Waals surface area contributed by atoms with Gasteiger partial charge in [-0.3, -0.25) is 4.79 Å². The average Bonchev–Trinajstić information content (AvgIpc) is 2.39. The highest BCUT2D eigenvalue weighted by Crippen LogP contribution is 2.25. The molecule has 0 unspecified atom stereocenters. The van der Waals surface area contributed by atoms with E-state index in [9.17, 15) is 4.79 Å². The second-order valence-corrected chi connectivity index (χ2v) is 4.85. The van der Waals surface area contributed by atoms with Gasteiger partial charge in [0, 0.05) is 16.8 Å². The summed E-state index contributed by atoms with van der Waals surface area (Å²) in [6, 6.07) is 12.5. The van der Waals surface area contributed by atoms with E-state index in [1.54, 1.807) is 18.2 Å². The molecule has 0 aliphatic carbocycles. The molecule has 2 rings (SSSR count). The maximum atomic E-state index is 11.0. The van der Waals surface area contributed by atoms with Crippen molar-refractivity contribution in [3.63, 3.8) is 0 Å². The third kappa shape index (κ3) is 3.26. The molecule has 0 atom stereocenters. The maximum absolute atomic E-state index is 11.0. The molecule has 0 aliphatic heterocycles. The predicted octanol–water partition coefficient (Wildman–Crippen LogP) is 2.71. The van der Waals surface area contributed by atoms with Gasteiger partial charge in [0.15, 0.2) is 0 Å². The molecule has 0 bridgehead atoms. The Morgan fingerprint density at radius 3 is 2.58 bits per heavy atom. The Balaban J connectivity index is 2.12. The Morgan fingerprint density at radius 2 is 1.95 bits per heavy atom. The summed E-state index contributed by atoms with van der Waals surface area (Å²) in [6.45, 7) is 0.327. The Labute approximate surface area is 119 Å². The summed E-state index contributed by atoms with van der Waals surface area (Å²) in [5.74, 6) is 0.242. The van der Waals surface area contributed by atoms with Gasteiger partial charge in [0.1, 0.15) is 12.4 Å². The third-order valence-electron chi connectivity index (χ3n) is 2.65. The first-order valence-electron chi connectivity index (χ1n) is 5.63. The van der Waals surface area contributed by atoms with Crippen molar-refractivity contribution in [3.05, 3.63) is 58.1 Å². The number of halogens is 1. The topological polar surface area (TPSA) is 78.3 Å². The number of anilines is 1. The minimum atomic E-state index is -0.495. The van der Waals surface area contributed by atoms with E-state index < -0.39 is 5.91 Å². The van der Waals surface area contributed by atoms with Crippen LogP contribution in [0.2, 0.25) is 0 Å². The number of ether oxygens (including phenoxy) is 1. The van der Waals surface area contributed by atoms with Gasteiger partial charge in [-0.15, -0.1) is 0 Å². The Morgan fingerprint density at radius 1 is 1.21 bits per heavy atom. The molecule has 0 spiro atoms. The first-order chi connectivity index (χ1) is 9.08. The van der Waals surface area contributed by atoms with Gasteiger partial charge < -0.3 is 16.2 Å². The van der Waals surface area contributed by atoms with E-state index in [1.165, 1.54) is 0 Å². The van der Waals surface area contributed by atoms with Gasteiger partial charge in [0.25, 0.3) is 0 Å². The van der Waals surface area contributed by atoms with Gasteiger partial charge in [-0.1, -0.05) is 18.2 Å². The summed E-state index contributed by atoms with van der Waals surface area (Å²) in [7, 11) is 0. The molecule has 4 N–H and O–H groups in total. The summed E-state index contributed by atoms with van der Waals surface area (Å²) in [5.41, 5.74) is 12.7. The number of para-hydroxylation sites is 1. The molecule has 0 saturated carbocycles. The van der Waals surface area contributed by atoms with Crippen molar-refractivity contribution in [2.24, 2.45) is 5.73 Å².